The van der Waals surface area contributed by atoms with Crippen molar-refractivity contribution in [3.8, 4) is 0 Å². The second-order valence-electron chi connectivity index (χ2n) is 5.45. The molecule has 1 aliphatic carbocycles. The Labute approximate surface area is 90.5 Å². The highest BCUT2D eigenvalue weighted by Crippen LogP contribution is 2.45. The number of aliphatic carboxylic acids is 1. The van der Waals surface area contributed by atoms with Crippen LogP contribution in [0.5, 0.6) is 0 Å². The number of nitrogens with zero attached hydrogens (tertiary/aromatic N) is 1. The summed E-state index contributed by atoms with van der Waals surface area (Å²) in [4.78, 5) is 13.6. The van der Waals surface area contributed by atoms with Gasteiger partial charge < -0.3 is 5.11 Å². The molecule has 1 saturated carbocycles. The predicted molar refractivity (Wildman–Crippen MR) is 56.6 cm³/mol. The van der Waals surface area contributed by atoms with Crippen LogP contribution in [0.2, 0.25) is 0 Å². The SMILES string of the molecule is O=C(O)C1CCC2C(C1)CC1CCCN12. The fourth-order valence-electron chi connectivity index (χ4n) is 4.06. The highest BCUT2D eigenvalue weighted by atomic mass is 16.4. The Morgan fingerprint density at radius 1 is 1.20 bits per heavy atom. The van der Waals surface area contributed by atoms with Crippen LogP contribution in [0.15, 0.2) is 0 Å². The summed E-state index contributed by atoms with van der Waals surface area (Å²) in [5.74, 6) is 0.0666. The lowest BCUT2D eigenvalue weighted by atomic mass is 9.78. The van der Waals surface area contributed by atoms with Crippen molar-refractivity contribution in [2.75, 3.05) is 6.54 Å². The monoisotopic (exact) mass is 209 g/mol. The molecule has 4 unspecified atom stereocenters. The number of carboxylic acid groups (broad SMARTS) is 1. The molecule has 0 aromatic carbocycles. The predicted octanol–water partition coefficient (Wildman–Crippen LogP) is 1.72. The molecule has 0 aromatic heterocycles. The van der Waals surface area contributed by atoms with Crippen LogP contribution in [-0.4, -0.2) is 34.6 Å². The third kappa shape index (κ3) is 1.48. The van der Waals surface area contributed by atoms with Crippen LogP contribution < -0.4 is 0 Å². The van der Waals surface area contributed by atoms with E-state index in [1.54, 1.807) is 0 Å². The highest BCUT2D eigenvalue weighted by molar-refractivity contribution is 5.70. The molecule has 1 N–H and O–H groups in total. The van der Waals surface area contributed by atoms with Crippen LogP contribution in [0, 0.1) is 11.8 Å². The second kappa shape index (κ2) is 3.48. The fraction of sp³-hybridized carbons (Fsp3) is 0.917. The zero-order chi connectivity index (χ0) is 10.4. The molecule has 15 heavy (non-hydrogen) atoms. The van der Waals surface area contributed by atoms with Crippen molar-refractivity contribution < 1.29 is 9.90 Å². The number of carboxylic acids is 1. The van der Waals surface area contributed by atoms with Crippen molar-refractivity contribution in [2.24, 2.45) is 11.8 Å². The summed E-state index contributed by atoms with van der Waals surface area (Å²) in [6.45, 7) is 1.27. The zero-order valence-electron chi connectivity index (χ0n) is 9.06. The summed E-state index contributed by atoms with van der Waals surface area (Å²) < 4.78 is 0. The first-order valence-corrected chi connectivity index (χ1v) is 6.24. The normalized spacial score (nSPS) is 45.1. The topological polar surface area (TPSA) is 40.5 Å². The van der Waals surface area contributed by atoms with Crippen molar-refractivity contribution in [1.29, 1.82) is 0 Å². The van der Waals surface area contributed by atoms with Crippen molar-refractivity contribution in [2.45, 2.75) is 50.6 Å². The van der Waals surface area contributed by atoms with E-state index in [1.807, 2.05) is 0 Å². The van der Waals surface area contributed by atoms with Crippen molar-refractivity contribution in [1.82, 2.24) is 4.90 Å². The number of rotatable bonds is 1. The van der Waals surface area contributed by atoms with Crippen LogP contribution in [0.4, 0.5) is 0 Å². The Morgan fingerprint density at radius 2 is 2.07 bits per heavy atom. The van der Waals surface area contributed by atoms with E-state index in [4.69, 9.17) is 5.11 Å². The van der Waals surface area contributed by atoms with Gasteiger partial charge in [0.2, 0.25) is 0 Å². The van der Waals surface area contributed by atoms with E-state index in [-0.39, 0.29) is 5.92 Å². The Morgan fingerprint density at radius 3 is 2.87 bits per heavy atom. The maximum atomic E-state index is 11.0. The highest BCUT2D eigenvalue weighted by Gasteiger charge is 2.46. The molecule has 3 heteroatoms. The molecule has 3 fully saturated rings. The third-order valence-corrected chi connectivity index (χ3v) is 4.72. The third-order valence-electron chi connectivity index (χ3n) is 4.72. The molecule has 0 spiro atoms. The Hall–Kier alpha value is -0.570. The van der Waals surface area contributed by atoms with Gasteiger partial charge in [-0.1, -0.05) is 0 Å². The van der Waals surface area contributed by atoms with Gasteiger partial charge in [0.15, 0.2) is 0 Å². The minimum atomic E-state index is -0.569. The Bertz CT molecular complexity index is 279. The molecule has 3 nitrogen and oxygen atoms in total. The summed E-state index contributed by atoms with van der Waals surface area (Å²) in [7, 11) is 0. The molecule has 3 rings (SSSR count). The number of hydrogen-bond acceptors (Lipinski definition) is 2. The van der Waals surface area contributed by atoms with E-state index in [0.717, 1.165) is 31.3 Å². The molecule has 2 aliphatic heterocycles. The lowest BCUT2D eigenvalue weighted by Gasteiger charge is -2.33. The molecule has 0 aromatic rings. The molecule has 0 radical (unpaired) electrons. The number of fused-ring (bicyclic) bond motifs is 3. The van der Waals surface area contributed by atoms with Gasteiger partial charge in [0.1, 0.15) is 0 Å². The summed E-state index contributed by atoms with van der Waals surface area (Å²) in [6.07, 6.45) is 6.94. The fourth-order valence-corrected chi connectivity index (χ4v) is 4.06. The zero-order valence-corrected chi connectivity index (χ0v) is 9.06. The first kappa shape index (κ1) is 9.64. The molecule has 4 atom stereocenters. The maximum absolute atomic E-state index is 11.0. The van der Waals surface area contributed by atoms with Gasteiger partial charge in [-0.3, -0.25) is 9.69 Å². The van der Waals surface area contributed by atoms with Gasteiger partial charge in [-0.25, -0.2) is 0 Å². The van der Waals surface area contributed by atoms with E-state index in [2.05, 4.69) is 4.90 Å². The van der Waals surface area contributed by atoms with E-state index in [1.165, 1.54) is 25.8 Å². The van der Waals surface area contributed by atoms with Gasteiger partial charge in [0.25, 0.3) is 0 Å². The van der Waals surface area contributed by atoms with Crippen LogP contribution in [0.25, 0.3) is 0 Å². The Balaban J connectivity index is 1.71. The van der Waals surface area contributed by atoms with Gasteiger partial charge in [-0.15, -0.1) is 0 Å². The lowest BCUT2D eigenvalue weighted by Crippen LogP contribution is -2.38. The molecule has 2 heterocycles. The number of hydrogen-bond donors (Lipinski definition) is 1. The summed E-state index contributed by atoms with van der Waals surface area (Å²) in [5, 5.41) is 9.05. The average molecular weight is 209 g/mol. The molecule has 3 aliphatic rings. The molecular formula is C12H19NO2. The second-order valence-corrected chi connectivity index (χ2v) is 5.45. The summed E-state index contributed by atoms with van der Waals surface area (Å²) >= 11 is 0. The van der Waals surface area contributed by atoms with Gasteiger partial charge in [-0.05, 0) is 51.0 Å². The van der Waals surface area contributed by atoms with E-state index < -0.39 is 5.97 Å². The van der Waals surface area contributed by atoms with Crippen LogP contribution in [-0.2, 0) is 4.79 Å². The van der Waals surface area contributed by atoms with Gasteiger partial charge >= 0.3 is 5.97 Å². The average Bonchev–Trinajstić information content (AvgIpc) is 2.75. The van der Waals surface area contributed by atoms with E-state index in [0.29, 0.717) is 5.92 Å². The van der Waals surface area contributed by atoms with Gasteiger partial charge in [0.05, 0.1) is 5.92 Å². The van der Waals surface area contributed by atoms with Crippen molar-refractivity contribution >= 4 is 5.97 Å². The van der Waals surface area contributed by atoms with Crippen LogP contribution in [0.1, 0.15) is 38.5 Å². The first-order chi connectivity index (χ1) is 7.25. The number of carbonyl (C=O) groups is 1. The van der Waals surface area contributed by atoms with Crippen molar-refractivity contribution in [3.63, 3.8) is 0 Å². The standard InChI is InChI=1S/C12H19NO2/c14-12(15)8-3-4-11-9(6-8)7-10-2-1-5-13(10)11/h8-11H,1-7H2,(H,14,15). The lowest BCUT2D eigenvalue weighted by molar-refractivity contribution is -0.143. The molecule has 0 amide bonds. The molecule has 2 saturated heterocycles. The maximum Gasteiger partial charge on any atom is 0.306 e. The van der Waals surface area contributed by atoms with Crippen molar-refractivity contribution in [3.05, 3.63) is 0 Å². The largest absolute Gasteiger partial charge is 0.481 e. The first-order valence-electron chi connectivity index (χ1n) is 6.24. The molecule has 0 bridgehead atoms. The Kier molecular flexibility index (Phi) is 2.23. The van der Waals surface area contributed by atoms with E-state index >= 15 is 0 Å². The van der Waals surface area contributed by atoms with Crippen LogP contribution in [0.3, 0.4) is 0 Å². The minimum Gasteiger partial charge on any atom is -0.481 e. The quantitative estimate of drug-likeness (QED) is 0.715. The smallest absolute Gasteiger partial charge is 0.306 e. The summed E-state index contributed by atoms with van der Waals surface area (Å²) in [6, 6.07) is 1.53. The van der Waals surface area contributed by atoms with Gasteiger partial charge in [0, 0.05) is 12.1 Å². The van der Waals surface area contributed by atoms with Crippen LogP contribution >= 0.6 is 0 Å². The minimum absolute atomic E-state index is 0.0497. The molecular weight excluding hydrogens is 190 g/mol. The summed E-state index contributed by atoms with van der Waals surface area (Å²) in [5.41, 5.74) is 0. The van der Waals surface area contributed by atoms with E-state index in [9.17, 15) is 4.79 Å². The molecule has 84 valence electrons. The van der Waals surface area contributed by atoms with Gasteiger partial charge in [-0.2, -0.15) is 0 Å².